The second-order valence-corrected chi connectivity index (χ2v) is 7.23. The number of ether oxygens (including phenoxy) is 1. The van der Waals surface area contributed by atoms with Crippen LogP contribution >= 0.6 is 0 Å². The fraction of sp³-hybridized carbons (Fsp3) is 0.550. The number of likely N-dealkylation sites (tertiary alicyclic amines) is 1. The Morgan fingerprint density at radius 3 is 2.88 bits per heavy atom. The SMILES string of the molecule is c1ccc(CN2CCCO[C@H](CN3CCC[C@H]3c3ccn[nH]3)C2)cc1. The van der Waals surface area contributed by atoms with Crippen molar-refractivity contribution < 1.29 is 4.74 Å². The Morgan fingerprint density at radius 2 is 2.04 bits per heavy atom. The van der Waals surface area contributed by atoms with Crippen LogP contribution < -0.4 is 0 Å². The monoisotopic (exact) mass is 340 g/mol. The molecule has 0 aliphatic carbocycles. The number of nitrogens with zero attached hydrogens (tertiary/aromatic N) is 3. The first-order valence-electron chi connectivity index (χ1n) is 9.50. The Morgan fingerprint density at radius 1 is 1.12 bits per heavy atom. The van der Waals surface area contributed by atoms with Crippen molar-refractivity contribution in [2.45, 2.75) is 38.0 Å². The van der Waals surface area contributed by atoms with Gasteiger partial charge >= 0.3 is 0 Å². The van der Waals surface area contributed by atoms with Gasteiger partial charge in [-0.15, -0.1) is 0 Å². The predicted molar refractivity (Wildman–Crippen MR) is 98.2 cm³/mol. The van der Waals surface area contributed by atoms with Crippen LogP contribution in [0.25, 0.3) is 0 Å². The highest BCUT2D eigenvalue weighted by Gasteiger charge is 2.30. The van der Waals surface area contributed by atoms with Crippen molar-refractivity contribution in [3.05, 3.63) is 53.9 Å². The van der Waals surface area contributed by atoms with Gasteiger partial charge in [0.1, 0.15) is 0 Å². The molecular weight excluding hydrogens is 312 g/mol. The Hall–Kier alpha value is -1.69. The van der Waals surface area contributed by atoms with E-state index in [1.54, 1.807) is 0 Å². The highest BCUT2D eigenvalue weighted by atomic mass is 16.5. The maximum absolute atomic E-state index is 6.19. The van der Waals surface area contributed by atoms with E-state index in [1.807, 2.05) is 6.20 Å². The predicted octanol–water partition coefficient (Wildman–Crippen LogP) is 2.84. The van der Waals surface area contributed by atoms with Gasteiger partial charge in [-0.05, 0) is 37.4 Å². The van der Waals surface area contributed by atoms with Gasteiger partial charge in [0.05, 0.1) is 17.8 Å². The molecule has 0 bridgehead atoms. The van der Waals surface area contributed by atoms with Crippen LogP contribution in [-0.4, -0.2) is 58.9 Å². The summed E-state index contributed by atoms with van der Waals surface area (Å²) in [5, 5.41) is 7.29. The molecule has 5 heteroatoms. The average Bonchev–Trinajstić information content (AvgIpc) is 3.26. The zero-order chi connectivity index (χ0) is 16.9. The number of benzene rings is 1. The van der Waals surface area contributed by atoms with Crippen molar-refractivity contribution in [2.75, 3.05) is 32.8 Å². The molecular formula is C20H28N4O. The summed E-state index contributed by atoms with van der Waals surface area (Å²) < 4.78 is 6.19. The summed E-state index contributed by atoms with van der Waals surface area (Å²) >= 11 is 0. The molecule has 0 spiro atoms. The zero-order valence-electron chi connectivity index (χ0n) is 14.8. The van der Waals surface area contributed by atoms with E-state index in [1.165, 1.54) is 24.1 Å². The second kappa shape index (κ2) is 8.13. The summed E-state index contributed by atoms with van der Waals surface area (Å²) in [6.45, 7) is 6.19. The minimum absolute atomic E-state index is 0.287. The molecule has 2 atom stereocenters. The quantitative estimate of drug-likeness (QED) is 0.909. The van der Waals surface area contributed by atoms with E-state index in [-0.39, 0.29) is 6.10 Å². The lowest BCUT2D eigenvalue weighted by Crippen LogP contribution is -2.40. The first-order valence-corrected chi connectivity index (χ1v) is 9.50. The third-order valence-electron chi connectivity index (χ3n) is 5.37. The van der Waals surface area contributed by atoms with Crippen molar-refractivity contribution in [1.82, 2.24) is 20.0 Å². The third kappa shape index (κ3) is 4.29. The molecule has 2 fully saturated rings. The molecule has 0 saturated carbocycles. The molecule has 4 rings (SSSR count). The van der Waals surface area contributed by atoms with Gasteiger partial charge in [-0.1, -0.05) is 30.3 Å². The molecule has 3 heterocycles. The molecule has 2 saturated heterocycles. The summed E-state index contributed by atoms with van der Waals surface area (Å²) in [4.78, 5) is 5.12. The summed E-state index contributed by atoms with van der Waals surface area (Å²) in [6.07, 6.45) is 5.73. The largest absolute Gasteiger partial charge is 0.376 e. The van der Waals surface area contributed by atoms with Crippen molar-refractivity contribution in [3.63, 3.8) is 0 Å². The van der Waals surface area contributed by atoms with Crippen LogP contribution in [0.1, 0.15) is 36.6 Å². The maximum Gasteiger partial charge on any atom is 0.0828 e. The number of hydrogen-bond acceptors (Lipinski definition) is 4. The standard InChI is InChI=1S/C20H28N4O/c1-2-6-17(7-3-1)14-23-11-5-13-25-18(15-23)16-24-12-4-8-20(24)19-9-10-21-22-19/h1-3,6-7,9-10,18,20H,4-5,8,11-16H2,(H,21,22)/t18-,20-/m0/s1. The van der Waals surface area contributed by atoms with E-state index in [4.69, 9.17) is 4.74 Å². The van der Waals surface area contributed by atoms with E-state index in [9.17, 15) is 0 Å². The number of rotatable bonds is 5. The van der Waals surface area contributed by atoms with E-state index in [0.29, 0.717) is 6.04 Å². The molecule has 1 aromatic heterocycles. The normalized spacial score (nSPS) is 25.9. The van der Waals surface area contributed by atoms with E-state index in [2.05, 4.69) is 56.4 Å². The summed E-state index contributed by atoms with van der Waals surface area (Å²) in [5.41, 5.74) is 2.63. The minimum Gasteiger partial charge on any atom is -0.376 e. The number of aromatic amines is 1. The van der Waals surface area contributed by atoms with Crippen LogP contribution in [0.2, 0.25) is 0 Å². The molecule has 2 aliphatic heterocycles. The summed E-state index contributed by atoms with van der Waals surface area (Å²) in [7, 11) is 0. The smallest absolute Gasteiger partial charge is 0.0828 e. The van der Waals surface area contributed by atoms with Gasteiger partial charge in [0.25, 0.3) is 0 Å². The highest BCUT2D eigenvalue weighted by Crippen LogP contribution is 2.31. The van der Waals surface area contributed by atoms with Crippen molar-refractivity contribution in [2.24, 2.45) is 0 Å². The lowest BCUT2D eigenvalue weighted by molar-refractivity contribution is 0.0223. The highest BCUT2D eigenvalue weighted by molar-refractivity contribution is 5.14. The molecule has 1 N–H and O–H groups in total. The van der Waals surface area contributed by atoms with Crippen molar-refractivity contribution in [3.8, 4) is 0 Å². The van der Waals surface area contributed by atoms with Crippen LogP contribution in [-0.2, 0) is 11.3 Å². The summed E-state index contributed by atoms with van der Waals surface area (Å²) in [6, 6.07) is 13.3. The van der Waals surface area contributed by atoms with E-state index >= 15 is 0 Å². The first kappa shape index (κ1) is 16.8. The first-order chi connectivity index (χ1) is 12.4. The molecule has 134 valence electrons. The van der Waals surface area contributed by atoms with Crippen LogP contribution in [0.5, 0.6) is 0 Å². The lowest BCUT2D eigenvalue weighted by Gasteiger charge is -2.30. The Balaban J connectivity index is 1.37. The van der Waals surface area contributed by atoms with Crippen LogP contribution in [0.3, 0.4) is 0 Å². The molecule has 5 nitrogen and oxygen atoms in total. The Kier molecular flexibility index (Phi) is 5.45. The fourth-order valence-corrected chi connectivity index (χ4v) is 4.18. The molecule has 0 radical (unpaired) electrons. The molecule has 2 aromatic rings. The Bertz CT molecular complexity index is 630. The van der Waals surface area contributed by atoms with Crippen molar-refractivity contribution in [1.29, 1.82) is 0 Å². The van der Waals surface area contributed by atoms with Crippen LogP contribution in [0.4, 0.5) is 0 Å². The van der Waals surface area contributed by atoms with Gasteiger partial charge in [0.15, 0.2) is 0 Å². The minimum atomic E-state index is 0.287. The van der Waals surface area contributed by atoms with Gasteiger partial charge in [-0.2, -0.15) is 5.10 Å². The number of H-pyrrole nitrogens is 1. The summed E-state index contributed by atoms with van der Waals surface area (Å²) in [5.74, 6) is 0. The van der Waals surface area contributed by atoms with Crippen molar-refractivity contribution >= 4 is 0 Å². The van der Waals surface area contributed by atoms with Gasteiger partial charge in [0.2, 0.25) is 0 Å². The third-order valence-corrected chi connectivity index (χ3v) is 5.37. The average molecular weight is 340 g/mol. The molecule has 25 heavy (non-hydrogen) atoms. The number of nitrogens with one attached hydrogen (secondary N) is 1. The maximum atomic E-state index is 6.19. The van der Waals surface area contributed by atoms with Crippen LogP contribution in [0.15, 0.2) is 42.6 Å². The van der Waals surface area contributed by atoms with E-state index in [0.717, 1.165) is 45.8 Å². The second-order valence-electron chi connectivity index (χ2n) is 7.23. The number of hydrogen-bond donors (Lipinski definition) is 1. The molecule has 1 aromatic carbocycles. The van der Waals surface area contributed by atoms with Gasteiger partial charge in [-0.3, -0.25) is 14.9 Å². The Labute approximate surface area is 150 Å². The van der Waals surface area contributed by atoms with Gasteiger partial charge in [-0.25, -0.2) is 0 Å². The van der Waals surface area contributed by atoms with Crippen LogP contribution in [0, 0.1) is 0 Å². The zero-order valence-corrected chi connectivity index (χ0v) is 14.8. The molecule has 0 amide bonds. The van der Waals surface area contributed by atoms with E-state index < -0.39 is 0 Å². The lowest BCUT2D eigenvalue weighted by atomic mass is 10.1. The van der Waals surface area contributed by atoms with Gasteiger partial charge in [0, 0.05) is 39.0 Å². The van der Waals surface area contributed by atoms with Gasteiger partial charge < -0.3 is 4.74 Å². The molecule has 2 aliphatic rings. The molecule has 0 unspecified atom stereocenters. The fourth-order valence-electron chi connectivity index (χ4n) is 4.18. The number of aromatic nitrogens is 2. The topological polar surface area (TPSA) is 44.4 Å².